The van der Waals surface area contributed by atoms with E-state index in [0.29, 0.717) is 30.7 Å². The van der Waals surface area contributed by atoms with Gasteiger partial charge < -0.3 is 14.8 Å². The van der Waals surface area contributed by atoms with Gasteiger partial charge in [-0.25, -0.2) is 4.39 Å². The number of benzene rings is 2. The summed E-state index contributed by atoms with van der Waals surface area (Å²) in [5.41, 5.74) is 2.50. The van der Waals surface area contributed by atoms with Gasteiger partial charge in [0, 0.05) is 41.3 Å². The second-order valence-corrected chi connectivity index (χ2v) is 9.95. The van der Waals surface area contributed by atoms with Crippen molar-refractivity contribution in [3.05, 3.63) is 76.7 Å². The second-order valence-electron chi connectivity index (χ2n) is 8.68. The highest BCUT2D eigenvalue weighted by atomic mass is 35.5. The molecule has 0 bridgehead atoms. The molecule has 1 N–H and O–H groups in total. The molecule has 1 unspecified atom stereocenters. The van der Waals surface area contributed by atoms with E-state index in [2.05, 4.69) is 11.9 Å². The predicted molar refractivity (Wildman–Crippen MR) is 143 cm³/mol. The minimum atomic E-state index is -0.626. The smallest absolute Gasteiger partial charge is 0.243 e. The third-order valence-electron chi connectivity index (χ3n) is 6.40. The van der Waals surface area contributed by atoms with Crippen molar-refractivity contribution >= 4 is 57.9 Å². The lowest BCUT2D eigenvalue weighted by Gasteiger charge is -2.24. The van der Waals surface area contributed by atoms with Gasteiger partial charge in [-0.2, -0.15) is 11.8 Å². The Hall–Kier alpha value is -3.10. The molecule has 2 amide bonds. The van der Waals surface area contributed by atoms with Gasteiger partial charge in [0.2, 0.25) is 11.8 Å². The quantitative estimate of drug-likeness (QED) is 0.401. The fourth-order valence-corrected chi connectivity index (χ4v) is 5.18. The molecule has 0 aliphatic carbocycles. The molecule has 0 radical (unpaired) electrons. The van der Waals surface area contributed by atoms with Crippen LogP contribution < -0.4 is 5.32 Å². The molecule has 1 fully saturated rings. The van der Waals surface area contributed by atoms with Crippen molar-refractivity contribution < 1.29 is 18.8 Å². The summed E-state index contributed by atoms with van der Waals surface area (Å²) in [6.07, 6.45) is 6.67. The first kappa shape index (κ1) is 26.0. The summed E-state index contributed by atoms with van der Waals surface area (Å²) >= 11 is 7.29. The van der Waals surface area contributed by atoms with Crippen molar-refractivity contribution in [3.8, 4) is 0 Å². The fourth-order valence-electron chi connectivity index (χ4n) is 4.56. The van der Waals surface area contributed by atoms with E-state index in [-0.39, 0.29) is 41.3 Å². The summed E-state index contributed by atoms with van der Waals surface area (Å²) in [5, 5.41) is 3.64. The molecule has 1 atom stereocenters. The molecule has 1 aliphatic heterocycles. The summed E-state index contributed by atoms with van der Waals surface area (Å²) in [5.74, 6) is -0.685. The lowest BCUT2D eigenvalue weighted by Crippen LogP contribution is -2.46. The van der Waals surface area contributed by atoms with Gasteiger partial charge in [0.25, 0.3) is 0 Å². The highest BCUT2D eigenvalue weighted by Crippen LogP contribution is 2.26. The van der Waals surface area contributed by atoms with Gasteiger partial charge >= 0.3 is 0 Å². The Kier molecular flexibility index (Phi) is 8.16. The van der Waals surface area contributed by atoms with Crippen molar-refractivity contribution in [2.45, 2.75) is 32.0 Å². The van der Waals surface area contributed by atoms with Gasteiger partial charge in [-0.05, 0) is 36.8 Å². The summed E-state index contributed by atoms with van der Waals surface area (Å²) < 4.78 is 16.0. The molecular formula is C27H27ClFN3O3S. The summed E-state index contributed by atoms with van der Waals surface area (Å²) in [4.78, 5) is 40.2. The zero-order valence-corrected chi connectivity index (χ0v) is 21.5. The van der Waals surface area contributed by atoms with Gasteiger partial charge in [0.1, 0.15) is 18.4 Å². The average molecular weight is 528 g/mol. The summed E-state index contributed by atoms with van der Waals surface area (Å²) in [6, 6.07) is 9.49. The van der Waals surface area contributed by atoms with Crippen LogP contribution >= 0.6 is 23.4 Å². The lowest BCUT2D eigenvalue weighted by atomic mass is 10.1. The van der Waals surface area contributed by atoms with E-state index in [9.17, 15) is 18.8 Å². The van der Waals surface area contributed by atoms with Crippen LogP contribution in [0.25, 0.3) is 17.0 Å². The number of nitrogens with one attached hydrogen (secondary N) is 1. The van der Waals surface area contributed by atoms with Crippen molar-refractivity contribution in [2.24, 2.45) is 0 Å². The highest BCUT2D eigenvalue weighted by molar-refractivity contribution is 7.99. The second kappa shape index (κ2) is 11.3. The van der Waals surface area contributed by atoms with Crippen LogP contribution in [0, 0.1) is 5.82 Å². The Bertz CT molecular complexity index is 1340. The van der Waals surface area contributed by atoms with Crippen LogP contribution in [0.4, 0.5) is 4.39 Å². The van der Waals surface area contributed by atoms with E-state index in [1.165, 1.54) is 17.8 Å². The summed E-state index contributed by atoms with van der Waals surface area (Å²) in [7, 11) is 0. The number of carbonyl (C=O) groups is 3. The Morgan fingerprint density at radius 2 is 2.08 bits per heavy atom. The Morgan fingerprint density at radius 1 is 1.28 bits per heavy atom. The number of amides is 2. The monoisotopic (exact) mass is 527 g/mol. The molecule has 188 valence electrons. The van der Waals surface area contributed by atoms with Gasteiger partial charge in [-0.3, -0.25) is 14.4 Å². The van der Waals surface area contributed by atoms with Crippen LogP contribution in [0.5, 0.6) is 0 Å². The number of thioether (sulfide) groups is 1. The lowest BCUT2D eigenvalue weighted by molar-refractivity contribution is -0.138. The minimum absolute atomic E-state index is 0.00410. The fraction of sp³-hybridized carbons (Fsp3) is 0.296. The molecule has 0 saturated carbocycles. The standard InChI is InChI=1S/C27H27ClFN3O3S/c1-3-17-14-31(23-12-18(9-10-20(17)23)24(33)16-36-2)15-25(34)32-11-5-8-22(32)27(35)30-13-19-6-4-7-21(28)26(19)29/h3-4,6-7,9-10,12,14,22H,1,5,8,11,13,15-16H2,2H3,(H,30,35). The van der Waals surface area contributed by atoms with Crippen molar-refractivity contribution in [2.75, 3.05) is 18.6 Å². The maximum Gasteiger partial charge on any atom is 0.243 e. The Labute approximate surface area is 218 Å². The molecule has 36 heavy (non-hydrogen) atoms. The predicted octanol–water partition coefficient (Wildman–Crippen LogP) is 4.93. The van der Waals surface area contributed by atoms with Crippen LogP contribution in [0.1, 0.15) is 34.3 Å². The van der Waals surface area contributed by atoms with Crippen LogP contribution in [-0.2, 0) is 22.7 Å². The largest absolute Gasteiger partial charge is 0.350 e. The molecule has 1 aliphatic rings. The molecule has 6 nitrogen and oxygen atoms in total. The number of hydrogen-bond donors (Lipinski definition) is 1. The van der Waals surface area contributed by atoms with Crippen LogP contribution in [0.15, 0.2) is 49.2 Å². The third kappa shape index (κ3) is 5.34. The topological polar surface area (TPSA) is 71.4 Å². The van der Waals surface area contributed by atoms with Gasteiger partial charge in [-0.15, -0.1) is 0 Å². The van der Waals surface area contributed by atoms with E-state index in [0.717, 1.165) is 16.5 Å². The van der Waals surface area contributed by atoms with Crippen molar-refractivity contribution in [3.63, 3.8) is 0 Å². The number of fused-ring (bicyclic) bond motifs is 1. The number of hydrogen-bond acceptors (Lipinski definition) is 4. The van der Waals surface area contributed by atoms with E-state index < -0.39 is 11.9 Å². The zero-order valence-electron chi connectivity index (χ0n) is 19.9. The van der Waals surface area contributed by atoms with E-state index in [1.807, 2.05) is 24.6 Å². The number of aromatic nitrogens is 1. The first-order valence-corrected chi connectivity index (χ1v) is 13.4. The van der Waals surface area contributed by atoms with Gasteiger partial charge in [-0.1, -0.05) is 48.5 Å². The zero-order chi connectivity index (χ0) is 25.8. The number of rotatable bonds is 9. The van der Waals surface area contributed by atoms with Crippen molar-refractivity contribution in [1.29, 1.82) is 0 Å². The van der Waals surface area contributed by atoms with Crippen LogP contribution in [0.3, 0.4) is 0 Å². The molecule has 0 spiro atoms. The maximum absolute atomic E-state index is 14.2. The van der Waals surface area contributed by atoms with Gasteiger partial charge in [0.05, 0.1) is 10.8 Å². The number of halogens is 2. The Balaban J connectivity index is 1.50. The third-order valence-corrected chi connectivity index (χ3v) is 7.24. The molecule has 2 heterocycles. The maximum atomic E-state index is 14.2. The van der Waals surface area contributed by atoms with E-state index in [1.54, 1.807) is 33.7 Å². The minimum Gasteiger partial charge on any atom is -0.350 e. The molecule has 9 heteroatoms. The van der Waals surface area contributed by atoms with Crippen molar-refractivity contribution in [1.82, 2.24) is 14.8 Å². The van der Waals surface area contributed by atoms with E-state index in [4.69, 9.17) is 11.6 Å². The molecule has 1 saturated heterocycles. The number of likely N-dealkylation sites (tertiary alicyclic amines) is 1. The summed E-state index contributed by atoms with van der Waals surface area (Å²) in [6.45, 7) is 4.34. The van der Waals surface area contributed by atoms with Crippen LogP contribution in [-0.4, -0.2) is 51.7 Å². The first-order chi connectivity index (χ1) is 17.3. The number of nitrogens with zero attached hydrogens (tertiary/aromatic N) is 2. The van der Waals surface area contributed by atoms with Gasteiger partial charge in [0.15, 0.2) is 5.78 Å². The molecule has 2 aromatic carbocycles. The molecule has 4 rings (SSSR count). The number of Topliss-reactive ketones (excluding diaryl/α,β-unsaturated/α-hetero) is 1. The molecular weight excluding hydrogens is 501 g/mol. The highest BCUT2D eigenvalue weighted by Gasteiger charge is 2.34. The first-order valence-electron chi connectivity index (χ1n) is 11.6. The number of carbonyl (C=O) groups excluding carboxylic acids is 3. The molecule has 1 aromatic heterocycles. The van der Waals surface area contributed by atoms with Crippen LogP contribution in [0.2, 0.25) is 5.02 Å². The average Bonchev–Trinajstić information content (AvgIpc) is 3.50. The normalized spacial score (nSPS) is 15.3. The SMILES string of the molecule is C=Cc1cn(CC(=O)N2CCCC2C(=O)NCc2cccc(Cl)c2F)c2cc(C(=O)CSC)ccc12. The van der Waals surface area contributed by atoms with E-state index >= 15 is 0 Å². The molecule has 3 aromatic rings. The Morgan fingerprint density at radius 3 is 2.83 bits per heavy atom. The number of ketones is 1.